The van der Waals surface area contributed by atoms with Crippen molar-refractivity contribution in [1.29, 1.82) is 0 Å². The molecule has 0 unspecified atom stereocenters. The molecular weight excluding hydrogens is 295 g/mol. The van der Waals surface area contributed by atoms with E-state index in [4.69, 9.17) is 0 Å². The molecule has 2 heterocycles. The molecule has 0 fully saturated rings. The van der Waals surface area contributed by atoms with Gasteiger partial charge in [-0.1, -0.05) is 11.8 Å². The van der Waals surface area contributed by atoms with Gasteiger partial charge in [-0.3, -0.25) is 0 Å². The molecule has 8 heteroatoms. The second-order valence-electron chi connectivity index (χ2n) is 3.10. The Kier molecular flexibility index (Phi) is 7.58. The maximum absolute atomic E-state index is 9.30. The van der Waals surface area contributed by atoms with Gasteiger partial charge in [0.2, 0.25) is 5.88 Å². The van der Waals surface area contributed by atoms with Crippen LogP contribution in [0.15, 0.2) is 29.7 Å². The molecule has 5 nitrogen and oxygen atoms in total. The predicted octanol–water partition coefficient (Wildman–Crippen LogP) is 2.42. The van der Waals surface area contributed by atoms with Crippen LogP contribution in [0.4, 0.5) is 0 Å². The van der Waals surface area contributed by atoms with Gasteiger partial charge in [0.1, 0.15) is 5.82 Å². The van der Waals surface area contributed by atoms with Crippen molar-refractivity contribution < 1.29 is 5.11 Å². The first-order chi connectivity index (χ1) is 7.74. The SMILES string of the molecule is Cc1cc(O)nc(SCc2ncccn2)n1.Cl.Cl. The van der Waals surface area contributed by atoms with Crippen LogP contribution in [-0.2, 0) is 5.75 Å². The van der Waals surface area contributed by atoms with Crippen molar-refractivity contribution in [2.24, 2.45) is 0 Å². The number of aromatic nitrogens is 4. The summed E-state index contributed by atoms with van der Waals surface area (Å²) in [4.78, 5) is 16.3. The molecule has 0 saturated heterocycles. The summed E-state index contributed by atoms with van der Waals surface area (Å²) in [6.07, 6.45) is 3.38. The number of nitrogens with zero attached hydrogens (tertiary/aromatic N) is 4. The van der Waals surface area contributed by atoms with E-state index in [9.17, 15) is 5.11 Å². The van der Waals surface area contributed by atoms with Gasteiger partial charge in [0.15, 0.2) is 5.16 Å². The van der Waals surface area contributed by atoms with E-state index in [2.05, 4.69) is 19.9 Å². The fraction of sp³-hybridized carbons (Fsp3) is 0.200. The largest absolute Gasteiger partial charge is 0.493 e. The van der Waals surface area contributed by atoms with Crippen molar-refractivity contribution in [3.63, 3.8) is 0 Å². The lowest BCUT2D eigenvalue weighted by molar-refractivity contribution is 0.444. The predicted molar refractivity (Wildman–Crippen MR) is 74.5 cm³/mol. The van der Waals surface area contributed by atoms with E-state index in [-0.39, 0.29) is 30.7 Å². The van der Waals surface area contributed by atoms with Crippen LogP contribution in [0.3, 0.4) is 0 Å². The van der Waals surface area contributed by atoms with Gasteiger partial charge in [-0.25, -0.2) is 15.0 Å². The van der Waals surface area contributed by atoms with Crippen LogP contribution < -0.4 is 0 Å². The average molecular weight is 307 g/mol. The highest BCUT2D eigenvalue weighted by Crippen LogP contribution is 2.19. The van der Waals surface area contributed by atoms with Gasteiger partial charge in [-0.15, -0.1) is 24.8 Å². The summed E-state index contributed by atoms with van der Waals surface area (Å²) >= 11 is 1.39. The fourth-order valence-electron chi connectivity index (χ4n) is 1.12. The lowest BCUT2D eigenvalue weighted by atomic mass is 10.4. The van der Waals surface area contributed by atoms with E-state index < -0.39 is 0 Å². The van der Waals surface area contributed by atoms with E-state index in [0.717, 1.165) is 11.5 Å². The summed E-state index contributed by atoms with van der Waals surface area (Å²) in [6.45, 7) is 1.81. The van der Waals surface area contributed by atoms with Gasteiger partial charge in [-0.2, -0.15) is 4.98 Å². The Morgan fingerprint density at radius 2 is 1.83 bits per heavy atom. The van der Waals surface area contributed by atoms with Gasteiger partial charge in [-0.05, 0) is 13.0 Å². The number of hydrogen-bond acceptors (Lipinski definition) is 6. The van der Waals surface area contributed by atoms with E-state index in [1.54, 1.807) is 18.5 Å². The topological polar surface area (TPSA) is 71.8 Å². The molecule has 2 aromatic rings. The van der Waals surface area contributed by atoms with Crippen molar-refractivity contribution >= 4 is 36.6 Å². The zero-order chi connectivity index (χ0) is 11.4. The Morgan fingerprint density at radius 1 is 1.17 bits per heavy atom. The van der Waals surface area contributed by atoms with Crippen LogP contribution in [0, 0.1) is 6.92 Å². The Balaban J connectivity index is 0.00000144. The van der Waals surface area contributed by atoms with Crippen molar-refractivity contribution in [2.75, 3.05) is 0 Å². The minimum Gasteiger partial charge on any atom is -0.493 e. The van der Waals surface area contributed by atoms with Crippen molar-refractivity contribution in [3.8, 4) is 5.88 Å². The summed E-state index contributed by atoms with van der Waals surface area (Å²) in [5.41, 5.74) is 0.740. The Hall–Kier alpha value is -1.11. The van der Waals surface area contributed by atoms with Gasteiger partial charge >= 0.3 is 0 Å². The fourth-order valence-corrected chi connectivity index (χ4v) is 1.90. The Morgan fingerprint density at radius 3 is 2.44 bits per heavy atom. The lowest BCUT2D eigenvalue weighted by Gasteiger charge is -2.01. The normalized spacial score (nSPS) is 9.17. The molecule has 0 aliphatic rings. The highest BCUT2D eigenvalue weighted by molar-refractivity contribution is 7.98. The minimum absolute atomic E-state index is 0. The molecule has 0 atom stereocenters. The van der Waals surface area contributed by atoms with Crippen LogP contribution in [-0.4, -0.2) is 25.0 Å². The summed E-state index contributed by atoms with van der Waals surface area (Å²) < 4.78 is 0. The number of thioether (sulfide) groups is 1. The molecule has 18 heavy (non-hydrogen) atoms. The first-order valence-electron chi connectivity index (χ1n) is 4.67. The third-order valence-electron chi connectivity index (χ3n) is 1.77. The number of rotatable bonds is 3. The minimum atomic E-state index is -0.0102. The van der Waals surface area contributed by atoms with E-state index in [1.807, 2.05) is 6.92 Å². The molecule has 0 spiro atoms. The average Bonchev–Trinajstić information content (AvgIpc) is 2.27. The van der Waals surface area contributed by atoms with E-state index in [0.29, 0.717) is 10.9 Å². The summed E-state index contributed by atoms with van der Waals surface area (Å²) in [5.74, 6) is 1.30. The van der Waals surface area contributed by atoms with E-state index in [1.165, 1.54) is 17.8 Å². The molecule has 0 amide bonds. The van der Waals surface area contributed by atoms with Gasteiger partial charge in [0.25, 0.3) is 0 Å². The first-order valence-corrected chi connectivity index (χ1v) is 5.66. The molecule has 0 aliphatic carbocycles. The van der Waals surface area contributed by atoms with E-state index >= 15 is 0 Å². The maximum Gasteiger partial charge on any atom is 0.215 e. The van der Waals surface area contributed by atoms with Crippen LogP contribution in [0.25, 0.3) is 0 Å². The van der Waals surface area contributed by atoms with Gasteiger partial charge in [0.05, 0.1) is 5.75 Å². The monoisotopic (exact) mass is 306 g/mol. The third kappa shape index (κ3) is 5.03. The highest BCUT2D eigenvalue weighted by atomic mass is 35.5. The van der Waals surface area contributed by atoms with Crippen LogP contribution in [0.5, 0.6) is 5.88 Å². The Bertz CT molecular complexity index is 466. The molecule has 2 aromatic heterocycles. The lowest BCUT2D eigenvalue weighted by Crippen LogP contribution is -1.93. The second kappa shape index (κ2) is 8.07. The maximum atomic E-state index is 9.30. The molecule has 2 rings (SSSR count). The van der Waals surface area contributed by atoms with Crippen LogP contribution in [0.2, 0.25) is 0 Å². The first kappa shape index (κ1) is 16.9. The van der Waals surface area contributed by atoms with Crippen molar-refractivity contribution in [1.82, 2.24) is 19.9 Å². The third-order valence-corrected chi connectivity index (χ3v) is 2.61. The van der Waals surface area contributed by atoms with Crippen LogP contribution >= 0.6 is 36.6 Å². The highest BCUT2D eigenvalue weighted by Gasteiger charge is 2.03. The summed E-state index contributed by atoms with van der Waals surface area (Å²) in [5, 5.41) is 9.83. The number of aromatic hydroxyl groups is 1. The molecular formula is C10H12Cl2N4OS. The molecule has 98 valence electrons. The number of aryl methyl sites for hydroxylation is 1. The van der Waals surface area contributed by atoms with Crippen molar-refractivity contribution in [2.45, 2.75) is 17.8 Å². The molecule has 0 aliphatic heterocycles. The zero-order valence-corrected chi connectivity index (χ0v) is 11.9. The molecule has 0 aromatic carbocycles. The van der Waals surface area contributed by atoms with Crippen molar-refractivity contribution in [3.05, 3.63) is 36.0 Å². The summed E-state index contributed by atoms with van der Waals surface area (Å²) in [7, 11) is 0. The number of halogens is 2. The molecule has 0 radical (unpaired) electrons. The zero-order valence-electron chi connectivity index (χ0n) is 9.48. The molecule has 1 N–H and O–H groups in total. The number of hydrogen-bond donors (Lipinski definition) is 1. The van der Waals surface area contributed by atoms with Crippen LogP contribution in [0.1, 0.15) is 11.5 Å². The van der Waals surface area contributed by atoms with Gasteiger partial charge in [0, 0.05) is 24.2 Å². The summed E-state index contributed by atoms with van der Waals surface area (Å²) in [6, 6.07) is 3.28. The Labute approximate surface area is 121 Å². The smallest absolute Gasteiger partial charge is 0.215 e. The molecule has 0 bridgehead atoms. The van der Waals surface area contributed by atoms with Gasteiger partial charge < -0.3 is 5.11 Å². The quantitative estimate of drug-likeness (QED) is 0.693. The second-order valence-corrected chi connectivity index (χ2v) is 4.05. The standard InChI is InChI=1S/C10H10N4OS.2ClH/c1-7-5-9(15)14-10(13-7)16-6-8-11-3-2-4-12-8;;/h2-5H,6H2,1H3,(H,13,14,15);2*1H. The molecule has 0 saturated carbocycles.